The van der Waals surface area contributed by atoms with Crippen LogP contribution in [0.2, 0.25) is 0 Å². The fourth-order valence-electron chi connectivity index (χ4n) is 3.28. The van der Waals surface area contributed by atoms with Crippen LogP contribution in [0.4, 0.5) is 5.82 Å². The number of rotatable bonds is 3. The van der Waals surface area contributed by atoms with Gasteiger partial charge >= 0.3 is 0 Å². The van der Waals surface area contributed by atoms with Gasteiger partial charge in [0.2, 0.25) is 0 Å². The van der Waals surface area contributed by atoms with Crippen molar-refractivity contribution in [1.29, 1.82) is 0 Å². The van der Waals surface area contributed by atoms with Crippen molar-refractivity contribution in [2.24, 2.45) is 0 Å². The number of anilines is 1. The van der Waals surface area contributed by atoms with E-state index in [1.165, 1.54) is 6.20 Å². The fourth-order valence-corrected chi connectivity index (χ4v) is 3.28. The molecule has 1 fully saturated rings. The fraction of sp³-hybridized carbons (Fsp3) is 0.294. The van der Waals surface area contributed by atoms with E-state index in [4.69, 9.17) is 0 Å². The Bertz CT molecular complexity index is 963. The van der Waals surface area contributed by atoms with Gasteiger partial charge in [0.05, 0.1) is 17.3 Å². The molecule has 8 heteroatoms. The summed E-state index contributed by atoms with van der Waals surface area (Å²) in [7, 11) is 0. The van der Waals surface area contributed by atoms with Gasteiger partial charge in [-0.25, -0.2) is 4.98 Å². The molecular formula is C17H18N6O2. The molecule has 0 radical (unpaired) electrons. The molecule has 8 nitrogen and oxygen atoms in total. The summed E-state index contributed by atoms with van der Waals surface area (Å²) in [5.41, 5.74) is 1.09. The summed E-state index contributed by atoms with van der Waals surface area (Å²) in [6.45, 7) is 1.31. The molecule has 4 rings (SSSR count). The van der Waals surface area contributed by atoms with Crippen molar-refractivity contribution in [3.05, 3.63) is 52.7 Å². The summed E-state index contributed by atoms with van der Waals surface area (Å²) < 4.78 is 0. The van der Waals surface area contributed by atoms with Crippen LogP contribution in [0.25, 0.3) is 10.9 Å². The van der Waals surface area contributed by atoms with E-state index in [1.807, 2.05) is 17.0 Å². The average Bonchev–Trinajstić information content (AvgIpc) is 3.11. The number of benzene rings is 1. The minimum atomic E-state index is -0.211. The van der Waals surface area contributed by atoms with Crippen molar-refractivity contribution >= 4 is 22.6 Å². The summed E-state index contributed by atoms with van der Waals surface area (Å²) in [6, 6.07) is 5.49. The predicted octanol–water partition coefficient (Wildman–Crippen LogP) is 1.04. The normalized spacial score (nSPS) is 17.6. The molecular weight excluding hydrogens is 320 g/mol. The topological polar surface area (TPSA) is 107 Å². The molecule has 0 unspecified atom stereocenters. The highest BCUT2D eigenvalue weighted by Crippen LogP contribution is 2.18. The number of hydrogen-bond donors (Lipinski definition) is 3. The molecule has 1 aliphatic rings. The van der Waals surface area contributed by atoms with Gasteiger partial charge in [-0.3, -0.25) is 14.7 Å². The highest BCUT2D eigenvalue weighted by atomic mass is 16.1. The first-order chi connectivity index (χ1) is 12.2. The van der Waals surface area contributed by atoms with E-state index < -0.39 is 0 Å². The molecule has 25 heavy (non-hydrogen) atoms. The zero-order chi connectivity index (χ0) is 17.2. The number of nitrogens with one attached hydrogen (secondary N) is 3. The predicted molar refractivity (Wildman–Crippen MR) is 93.7 cm³/mol. The minimum Gasteiger partial charge on any atom is -0.350 e. The van der Waals surface area contributed by atoms with Gasteiger partial charge in [-0.15, -0.1) is 0 Å². The van der Waals surface area contributed by atoms with Gasteiger partial charge in [-0.2, -0.15) is 5.10 Å². The van der Waals surface area contributed by atoms with Gasteiger partial charge in [-0.1, -0.05) is 12.1 Å². The van der Waals surface area contributed by atoms with E-state index in [-0.39, 0.29) is 17.5 Å². The van der Waals surface area contributed by atoms with Gasteiger partial charge in [0.1, 0.15) is 0 Å². The molecule has 3 aromatic rings. The molecule has 1 amide bonds. The number of fused-ring (bicyclic) bond motifs is 1. The van der Waals surface area contributed by atoms with E-state index in [0.717, 1.165) is 30.3 Å². The van der Waals surface area contributed by atoms with Gasteiger partial charge in [0.25, 0.3) is 11.5 Å². The number of H-pyrrole nitrogens is 2. The average molecular weight is 338 g/mol. The van der Waals surface area contributed by atoms with Crippen LogP contribution in [0.5, 0.6) is 0 Å². The van der Waals surface area contributed by atoms with E-state index in [9.17, 15) is 9.59 Å². The maximum Gasteiger partial charge on any atom is 0.290 e. The molecule has 0 aliphatic carbocycles. The van der Waals surface area contributed by atoms with Gasteiger partial charge < -0.3 is 15.2 Å². The molecule has 1 aromatic carbocycles. The van der Waals surface area contributed by atoms with E-state index in [2.05, 4.69) is 25.5 Å². The number of aromatic amines is 2. The second kappa shape index (κ2) is 6.39. The second-order valence-electron chi connectivity index (χ2n) is 6.14. The summed E-state index contributed by atoms with van der Waals surface area (Å²) in [5, 5.41) is 10.8. The molecule has 2 aromatic heterocycles. The largest absolute Gasteiger partial charge is 0.350 e. The lowest BCUT2D eigenvalue weighted by molar-refractivity contribution is 0.0934. The van der Waals surface area contributed by atoms with Crippen LogP contribution in [0.15, 0.2) is 41.6 Å². The van der Waals surface area contributed by atoms with Crippen LogP contribution in [-0.4, -0.2) is 45.2 Å². The van der Waals surface area contributed by atoms with Crippen molar-refractivity contribution in [2.75, 3.05) is 18.0 Å². The number of nitrogens with zero attached hydrogens (tertiary/aromatic N) is 3. The first-order valence-corrected chi connectivity index (χ1v) is 8.24. The molecule has 0 bridgehead atoms. The zero-order valence-corrected chi connectivity index (χ0v) is 13.5. The number of amides is 1. The lowest BCUT2D eigenvalue weighted by atomic mass is 10.0. The number of carbonyl (C=O) groups is 1. The highest BCUT2D eigenvalue weighted by Gasteiger charge is 2.24. The summed E-state index contributed by atoms with van der Waals surface area (Å²) >= 11 is 0. The Morgan fingerprint density at radius 1 is 1.36 bits per heavy atom. The number of hydrogen-bond acceptors (Lipinski definition) is 5. The number of aromatic nitrogens is 4. The van der Waals surface area contributed by atoms with Crippen molar-refractivity contribution in [3.63, 3.8) is 0 Å². The van der Waals surface area contributed by atoms with Crippen LogP contribution < -0.4 is 15.8 Å². The standard InChI is InChI=1S/C17H18N6O2/c24-16(13-5-1-3-11-9-20-22-14(11)13)21-12-4-2-8-23(10-12)15-17(25)19-7-6-18-15/h1,3,5-7,9,12H,2,4,8,10H2,(H,19,25)(H,20,22)(H,21,24)/t12-/m1/s1. The number of carbonyl (C=O) groups excluding carboxylic acids is 1. The van der Waals surface area contributed by atoms with Crippen molar-refractivity contribution in [2.45, 2.75) is 18.9 Å². The summed E-state index contributed by atoms with van der Waals surface area (Å²) in [5.74, 6) is 0.258. The van der Waals surface area contributed by atoms with Gasteiger partial charge in [0.15, 0.2) is 5.82 Å². The first kappa shape index (κ1) is 15.4. The Hall–Kier alpha value is -3.16. The van der Waals surface area contributed by atoms with Crippen molar-refractivity contribution in [1.82, 2.24) is 25.5 Å². The molecule has 128 valence electrons. The lowest BCUT2D eigenvalue weighted by Gasteiger charge is -2.33. The minimum absolute atomic E-state index is 0.0409. The quantitative estimate of drug-likeness (QED) is 0.662. The number of para-hydroxylation sites is 1. The zero-order valence-electron chi connectivity index (χ0n) is 13.5. The molecule has 0 saturated carbocycles. The van der Waals surface area contributed by atoms with E-state index >= 15 is 0 Å². The van der Waals surface area contributed by atoms with Crippen molar-refractivity contribution in [3.8, 4) is 0 Å². The second-order valence-corrected chi connectivity index (χ2v) is 6.14. The maximum atomic E-state index is 12.7. The van der Waals surface area contributed by atoms with Crippen LogP contribution >= 0.6 is 0 Å². The third-order valence-corrected chi connectivity index (χ3v) is 4.47. The van der Waals surface area contributed by atoms with Gasteiger partial charge in [-0.05, 0) is 18.9 Å². The Morgan fingerprint density at radius 2 is 2.28 bits per heavy atom. The first-order valence-electron chi connectivity index (χ1n) is 8.24. The third kappa shape index (κ3) is 2.98. The SMILES string of the molecule is O=C(N[C@@H]1CCCN(c2ncc[nH]c2=O)C1)c1cccc2cn[nH]c12. The Balaban J connectivity index is 1.51. The molecule has 3 N–H and O–H groups in total. The highest BCUT2D eigenvalue weighted by molar-refractivity contribution is 6.05. The molecule has 1 saturated heterocycles. The molecule has 0 spiro atoms. The summed E-state index contributed by atoms with van der Waals surface area (Å²) in [6.07, 6.45) is 6.53. The van der Waals surface area contributed by atoms with E-state index in [0.29, 0.717) is 17.9 Å². The molecule has 3 heterocycles. The van der Waals surface area contributed by atoms with Crippen LogP contribution in [0.1, 0.15) is 23.2 Å². The monoisotopic (exact) mass is 338 g/mol. The summed E-state index contributed by atoms with van der Waals surface area (Å²) in [4.78, 5) is 33.3. The molecule has 1 aliphatic heterocycles. The maximum absolute atomic E-state index is 12.7. The van der Waals surface area contributed by atoms with Crippen LogP contribution in [-0.2, 0) is 0 Å². The van der Waals surface area contributed by atoms with Gasteiger partial charge in [0, 0.05) is 36.9 Å². The Morgan fingerprint density at radius 3 is 3.16 bits per heavy atom. The molecule has 1 atom stereocenters. The van der Waals surface area contributed by atoms with E-state index in [1.54, 1.807) is 18.5 Å². The lowest BCUT2D eigenvalue weighted by Crippen LogP contribution is -2.49. The Labute approximate surface area is 143 Å². The van der Waals surface area contributed by atoms with Crippen molar-refractivity contribution < 1.29 is 4.79 Å². The van der Waals surface area contributed by atoms with Crippen LogP contribution in [0.3, 0.4) is 0 Å². The smallest absolute Gasteiger partial charge is 0.290 e. The third-order valence-electron chi connectivity index (χ3n) is 4.47. The van der Waals surface area contributed by atoms with Crippen LogP contribution in [0, 0.1) is 0 Å². The number of piperidine rings is 1. The Kier molecular flexibility index (Phi) is 3.93.